The van der Waals surface area contributed by atoms with E-state index in [9.17, 15) is 13.2 Å². The lowest BCUT2D eigenvalue weighted by atomic mass is 10.2. The van der Waals surface area contributed by atoms with Crippen molar-refractivity contribution < 1.29 is 13.2 Å². The van der Waals surface area contributed by atoms with Gasteiger partial charge in [-0.2, -0.15) is 13.2 Å². The fourth-order valence-corrected chi connectivity index (χ4v) is 1.55. The summed E-state index contributed by atoms with van der Waals surface area (Å²) >= 11 is 0. The highest BCUT2D eigenvalue weighted by Gasteiger charge is 2.32. The molecule has 0 spiro atoms. The van der Waals surface area contributed by atoms with Crippen LogP contribution in [0.4, 0.5) is 13.2 Å². The van der Waals surface area contributed by atoms with Crippen LogP contribution in [0, 0.1) is 0 Å². The first-order chi connectivity index (χ1) is 8.47. The Hall–Kier alpha value is -1.79. The molecule has 1 fully saturated rings. The maximum atomic E-state index is 12.4. The number of pyridine rings is 1. The standard InChI is InChI=1S/C11H13F3N4/c12-11(13,14)9-6-8(2-3-16-9)7-17-10(15)18-4-1-5-18/h2-3,6H,1,4-5,7H2,(H2,15,17). The third-order valence-corrected chi connectivity index (χ3v) is 2.72. The Morgan fingerprint density at radius 3 is 2.72 bits per heavy atom. The number of aliphatic imine (C=N–C) groups is 1. The van der Waals surface area contributed by atoms with Gasteiger partial charge in [0.2, 0.25) is 0 Å². The van der Waals surface area contributed by atoms with E-state index in [1.165, 1.54) is 6.07 Å². The van der Waals surface area contributed by atoms with Gasteiger partial charge in [0.05, 0.1) is 6.54 Å². The zero-order chi connectivity index (χ0) is 13.2. The second-order valence-corrected chi connectivity index (χ2v) is 4.06. The van der Waals surface area contributed by atoms with Gasteiger partial charge < -0.3 is 10.6 Å². The van der Waals surface area contributed by atoms with Crippen LogP contribution in [-0.2, 0) is 12.7 Å². The number of guanidine groups is 1. The number of rotatable bonds is 2. The van der Waals surface area contributed by atoms with Gasteiger partial charge in [-0.15, -0.1) is 0 Å². The zero-order valence-corrected chi connectivity index (χ0v) is 9.61. The molecule has 1 aliphatic rings. The molecule has 0 radical (unpaired) electrons. The molecule has 1 aliphatic heterocycles. The van der Waals surface area contributed by atoms with E-state index in [0.717, 1.165) is 31.8 Å². The maximum Gasteiger partial charge on any atom is 0.433 e. The Morgan fingerprint density at radius 1 is 1.44 bits per heavy atom. The van der Waals surface area contributed by atoms with E-state index >= 15 is 0 Å². The molecule has 98 valence electrons. The predicted octanol–water partition coefficient (Wildman–Crippen LogP) is 1.62. The molecule has 0 aromatic carbocycles. The number of nitrogens with zero attached hydrogens (tertiary/aromatic N) is 3. The second-order valence-electron chi connectivity index (χ2n) is 4.06. The summed E-state index contributed by atoms with van der Waals surface area (Å²) in [7, 11) is 0. The molecule has 2 heterocycles. The first kappa shape index (κ1) is 12.7. The molecule has 1 aromatic heterocycles. The van der Waals surface area contributed by atoms with Gasteiger partial charge in [0, 0.05) is 19.3 Å². The van der Waals surface area contributed by atoms with Crippen molar-refractivity contribution in [1.29, 1.82) is 0 Å². The first-order valence-corrected chi connectivity index (χ1v) is 5.54. The monoisotopic (exact) mass is 258 g/mol. The topological polar surface area (TPSA) is 54.5 Å². The summed E-state index contributed by atoms with van der Waals surface area (Å²) in [5, 5.41) is 0. The highest BCUT2D eigenvalue weighted by molar-refractivity contribution is 5.78. The van der Waals surface area contributed by atoms with E-state index in [0.29, 0.717) is 11.5 Å². The summed E-state index contributed by atoms with van der Waals surface area (Å²) in [5.74, 6) is 0.381. The van der Waals surface area contributed by atoms with E-state index in [1.54, 1.807) is 0 Å². The lowest BCUT2D eigenvalue weighted by molar-refractivity contribution is -0.141. The van der Waals surface area contributed by atoms with Gasteiger partial charge in [0.1, 0.15) is 5.69 Å². The molecule has 2 N–H and O–H groups in total. The van der Waals surface area contributed by atoms with Gasteiger partial charge >= 0.3 is 6.18 Å². The Labute approximate surface area is 102 Å². The molecule has 0 atom stereocenters. The molecule has 0 amide bonds. The Balaban J connectivity index is 2.05. The third kappa shape index (κ3) is 2.91. The molecule has 7 heteroatoms. The van der Waals surface area contributed by atoms with E-state index in [-0.39, 0.29) is 6.54 Å². The summed E-state index contributed by atoms with van der Waals surface area (Å²) < 4.78 is 37.3. The second kappa shape index (κ2) is 4.83. The molecule has 0 aliphatic carbocycles. The average molecular weight is 258 g/mol. The van der Waals surface area contributed by atoms with Gasteiger partial charge in [-0.25, -0.2) is 4.99 Å². The maximum absolute atomic E-state index is 12.4. The smallest absolute Gasteiger partial charge is 0.370 e. The number of halogens is 3. The first-order valence-electron chi connectivity index (χ1n) is 5.54. The van der Waals surface area contributed by atoms with E-state index in [4.69, 9.17) is 5.73 Å². The molecule has 1 aromatic rings. The van der Waals surface area contributed by atoms with Crippen LogP contribution >= 0.6 is 0 Å². The molecule has 2 rings (SSSR count). The molecule has 4 nitrogen and oxygen atoms in total. The summed E-state index contributed by atoms with van der Waals surface area (Å²) in [5.41, 5.74) is 5.23. The van der Waals surface area contributed by atoms with E-state index in [2.05, 4.69) is 9.98 Å². The third-order valence-electron chi connectivity index (χ3n) is 2.72. The summed E-state index contributed by atoms with van der Waals surface area (Å²) in [6.07, 6.45) is -2.22. The van der Waals surface area contributed by atoms with Gasteiger partial charge in [0.15, 0.2) is 5.96 Å². The molecule has 0 saturated carbocycles. The normalized spacial score (nSPS) is 16.6. The molecule has 1 saturated heterocycles. The fourth-order valence-electron chi connectivity index (χ4n) is 1.55. The summed E-state index contributed by atoms with van der Waals surface area (Å²) in [4.78, 5) is 9.23. The van der Waals surface area contributed by atoms with Gasteiger partial charge in [-0.1, -0.05) is 0 Å². The molecule has 0 unspecified atom stereocenters. The van der Waals surface area contributed by atoms with Crippen molar-refractivity contribution in [3.63, 3.8) is 0 Å². The quantitative estimate of drug-likeness (QED) is 0.648. The Bertz CT molecular complexity index is 452. The fraction of sp³-hybridized carbons (Fsp3) is 0.455. The van der Waals surface area contributed by atoms with Crippen LogP contribution in [0.3, 0.4) is 0 Å². The number of likely N-dealkylation sites (tertiary alicyclic amines) is 1. The van der Waals surface area contributed by atoms with Crippen molar-refractivity contribution in [2.24, 2.45) is 10.7 Å². The highest BCUT2D eigenvalue weighted by Crippen LogP contribution is 2.27. The molecular formula is C11H13F3N4. The number of hydrogen-bond acceptors (Lipinski definition) is 2. The van der Waals surface area contributed by atoms with Crippen LogP contribution in [0.15, 0.2) is 23.3 Å². The van der Waals surface area contributed by atoms with Crippen LogP contribution in [0.25, 0.3) is 0 Å². The molecular weight excluding hydrogens is 245 g/mol. The SMILES string of the molecule is NC(=NCc1ccnc(C(F)(F)F)c1)N1CCC1. The highest BCUT2D eigenvalue weighted by atomic mass is 19.4. The minimum atomic E-state index is -4.43. The number of nitrogens with two attached hydrogens (primary N) is 1. The van der Waals surface area contributed by atoms with Gasteiger partial charge in [0.25, 0.3) is 0 Å². The Kier molecular flexibility index (Phi) is 3.40. The van der Waals surface area contributed by atoms with E-state index < -0.39 is 11.9 Å². The molecule has 18 heavy (non-hydrogen) atoms. The number of aromatic nitrogens is 1. The van der Waals surface area contributed by atoms with Crippen molar-refractivity contribution >= 4 is 5.96 Å². The Morgan fingerprint density at radius 2 is 2.17 bits per heavy atom. The van der Waals surface area contributed by atoms with Crippen molar-refractivity contribution in [2.45, 2.75) is 19.1 Å². The van der Waals surface area contributed by atoms with Crippen LogP contribution in [0.2, 0.25) is 0 Å². The van der Waals surface area contributed by atoms with Crippen molar-refractivity contribution in [2.75, 3.05) is 13.1 Å². The van der Waals surface area contributed by atoms with Crippen LogP contribution in [-0.4, -0.2) is 28.9 Å². The minimum absolute atomic E-state index is 0.133. The van der Waals surface area contributed by atoms with Crippen LogP contribution < -0.4 is 5.73 Å². The number of alkyl halides is 3. The number of hydrogen-bond donors (Lipinski definition) is 1. The largest absolute Gasteiger partial charge is 0.433 e. The van der Waals surface area contributed by atoms with Gasteiger partial charge in [-0.3, -0.25) is 4.98 Å². The average Bonchev–Trinajstić information content (AvgIpc) is 2.23. The summed E-state index contributed by atoms with van der Waals surface area (Å²) in [6, 6.07) is 2.50. The van der Waals surface area contributed by atoms with Crippen LogP contribution in [0.1, 0.15) is 17.7 Å². The predicted molar refractivity (Wildman–Crippen MR) is 60.8 cm³/mol. The van der Waals surface area contributed by atoms with Crippen molar-refractivity contribution in [1.82, 2.24) is 9.88 Å². The van der Waals surface area contributed by atoms with E-state index in [1.807, 2.05) is 4.90 Å². The van der Waals surface area contributed by atoms with Crippen LogP contribution in [0.5, 0.6) is 0 Å². The summed E-state index contributed by atoms with van der Waals surface area (Å²) in [6.45, 7) is 1.85. The lowest BCUT2D eigenvalue weighted by Crippen LogP contribution is -2.46. The lowest BCUT2D eigenvalue weighted by Gasteiger charge is -2.31. The van der Waals surface area contributed by atoms with Crippen molar-refractivity contribution in [3.8, 4) is 0 Å². The van der Waals surface area contributed by atoms with Gasteiger partial charge in [-0.05, 0) is 24.1 Å². The molecule has 0 bridgehead atoms. The van der Waals surface area contributed by atoms with Crippen molar-refractivity contribution in [3.05, 3.63) is 29.6 Å². The minimum Gasteiger partial charge on any atom is -0.370 e. The zero-order valence-electron chi connectivity index (χ0n) is 9.61.